The highest BCUT2D eigenvalue weighted by Gasteiger charge is 1.99. The minimum absolute atomic E-state index is 0.0277. The lowest BCUT2D eigenvalue weighted by molar-refractivity contribution is -0.112. The van der Waals surface area contributed by atoms with Gasteiger partial charge in [0.05, 0.1) is 12.9 Å². The van der Waals surface area contributed by atoms with Gasteiger partial charge in [0.25, 0.3) is 0 Å². The number of allylic oxidation sites excluding steroid dienone is 2. The largest absolute Gasteiger partial charge is 0.501 e. The molecule has 1 aromatic carbocycles. The van der Waals surface area contributed by atoms with Crippen LogP contribution in [0.2, 0.25) is 0 Å². The van der Waals surface area contributed by atoms with Crippen LogP contribution in [0, 0.1) is 0 Å². The molecule has 0 fully saturated rings. The van der Waals surface area contributed by atoms with Crippen LogP contribution in [0.5, 0.6) is 0 Å². The molecule has 1 aromatic rings. The van der Waals surface area contributed by atoms with Crippen LogP contribution < -0.4 is 0 Å². The van der Waals surface area contributed by atoms with Crippen LogP contribution in [0.1, 0.15) is 18.9 Å². The fourth-order valence-corrected chi connectivity index (χ4v) is 1.37. The second-order valence-electron chi connectivity index (χ2n) is 3.41. The van der Waals surface area contributed by atoms with E-state index in [1.165, 1.54) is 12.5 Å². The number of benzene rings is 1. The SMILES string of the molecule is COC(=CC(C)=O)CCc1ccccc1. The predicted molar refractivity (Wildman–Crippen MR) is 60.5 cm³/mol. The van der Waals surface area contributed by atoms with E-state index in [1.807, 2.05) is 18.2 Å². The van der Waals surface area contributed by atoms with Gasteiger partial charge in [-0.05, 0) is 18.9 Å². The van der Waals surface area contributed by atoms with Crippen molar-refractivity contribution in [1.29, 1.82) is 0 Å². The van der Waals surface area contributed by atoms with Crippen LogP contribution in [0.25, 0.3) is 0 Å². The molecule has 2 nitrogen and oxygen atoms in total. The first kappa shape index (κ1) is 11.5. The Hall–Kier alpha value is -1.57. The summed E-state index contributed by atoms with van der Waals surface area (Å²) in [4.78, 5) is 10.9. The summed E-state index contributed by atoms with van der Waals surface area (Å²) in [7, 11) is 1.60. The number of hydrogen-bond donors (Lipinski definition) is 0. The molecule has 80 valence electrons. The van der Waals surface area contributed by atoms with Crippen molar-refractivity contribution in [3.8, 4) is 0 Å². The molecule has 0 N–H and O–H groups in total. The van der Waals surface area contributed by atoms with Gasteiger partial charge in [0.1, 0.15) is 0 Å². The van der Waals surface area contributed by atoms with E-state index in [1.54, 1.807) is 13.2 Å². The third-order valence-electron chi connectivity index (χ3n) is 2.13. The van der Waals surface area contributed by atoms with Gasteiger partial charge in [-0.1, -0.05) is 30.3 Å². The number of carbonyl (C=O) groups is 1. The van der Waals surface area contributed by atoms with Crippen molar-refractivity contribution < 1.29 is 9.53 Å². The van der Waals surface area contributed by atoms with Crippen molar-refractivity contribution in [1.82, 2.24) is 0 Å². The number of ether oxygens (including phenoxy) is 1. The molecular formula is C13H16O2. The van der Waals surface area contributed by atoms with Gasteiger partial charge in [0.2, 0.25) is 0 Å². The molecule has 0 spiro atoms. The number of ketones is 1. The lowest BCUT2D eigenvalue weighted by Crippen LogP contribution is -1.95. The summed E-state index contributed by atoms with van der Waals surface area (Å²) in [6.45, 7) is 1.53. The van der Waals surface area contributed by atoms with Gasteiger partial charge in [-0.3, -0.25) is 4.79 Å². The monoisotopic (exact) mass is 204 g/mol. The lowest BCUT2D eigenvalue weighted by Gasteiger charge is -2.05. The van der Waals surface area contributed by atoms with E-state index in [-0.39, 0.29) is 5.78 Å². The molecule has 0 aliphatic rings. The van der Waals surface area contributed by atoms with Gasteiger partial charge < -0.3 is 4.74 Å². The normalized spacial score (nSPS) is 11.2. The number of rotatable bonds is 5. The zero-order chi connectivity index (χ0) is 11.1. The second kappa shape index (κ2) is 6.02. The lowest BCUT2D eigenvalue weighted by atomic mass is 10.1. The van der Waals surface area contributed by atoms with Gasteiger partial charge in [0, 0.05) is 12.5 Å². The first-order chi connectivity index (χ1) is 7.22. The van der Waals surface area contributed by atoms with E-state index in [2.05, 4.69) is 12.1 Å². The quantitative estimate of drug-likeness (QED) is 0.544. The highest BCUT2D eigenvalue weighted by molar-refractivity contribution is 5.87. The predicted octanol–water partition coefficient (Wildman–Crippen LogP) is 2.74. The van der Waals surface area contributed by atoms with Gasteiger partial charge in [-0.2, -0.15) is 0 Å². The molecule has 0 unspecified atom stereocenters. The Morgan fingerprint density at radius 2 is 2.00 bits per heavy atom. The van der Waals surface area contributed by atoms with Crippen LogP contribution in [0.3, 0.4) is 0 Å². The second-order valence-corrected chi connectivity index (χ2v) is 3.41. The molecule has 0 bridgehead atoms. The summed E-state index contributed by atoms with van der Waals surface area (Å²) in [5.74, 6) is 0.770. The van der Waals surface area contributed by atoms with E-state index < -0.39 is 0 Å². The van der Waals surface area contributed by atoms with Crippen molar-refractivity contribution >= 4 is 5.78 Å². The summed E-state index contributed by atoms with van der Waals surface area (Å²) in [6, 6.07) is 10.2. The van der Waals surface area contributed by atoms with Crippen molar-refractivity contribution in [2.45, 2.75) is 19.8 Å². The molecule has 2 heteroatoms. The third-order valence-corrected chi connectivity index (χ3v) is 2.13. The van der Waals surface area contributed by atoms with E-state index in [0.717, 1.165) is 18.6 Å². The summed E-state index contributed by atoms with van der Waals surface area (Å²) in [5, 5.41) is 0. The first-order valence-corrected chi connectivity index (χ1v) is 5.01. The molecule has 0 amide bonds. The summed E-state index contributed by atoms with van der Waals surface area (Å²) >= 11 is 0. The molecule has 0 aliphatic heterocycles. The molecule has 0 saturated carbocycles. The number of hydrogen-bond acceptors (Lipinski definition) is 2. The third kappa shape index (κ3) is 4.45. The summed E-state index contributed by atoms with van der Waals surface area (Å²) in [6.07, 6.45) is 3.21. The van der Waals surface area contributed by atoms with E-state index in [0.29, 0.717) is 0 Å². The average molecular weight is 204 g/mol. The van der Waals surface area contributed by atoms with E-state index in [4.69, 9.17) is 4.74 Å². The Kier molecular flexibility index (Phi) is 4.61. The number of aryl methyl sites for hydroxylation is 1. The van der Waals surface area contributed by atoms with E-state index in [9.17, 15) is 4.79 Å². The Labute approximate surface area is 90.6 Å². The molecule has 0 aliphatic carbocycles. The van der Waals surface area contributed by atoms with Crippen molar-refractivity contribution in [2.24, 2.45) is 0 Å². The fraction of sp³-hybridized carbons (Fsp3) is 0.308. The molecular weight excluding hydrogens is 188 g/mol. The van der Waals surface area contributed by atoms with Crippen molar-refractivity contribution in [3.63, 3.8) is 0 Å². The Morgan fingerprint density at radius 3 is 2.53 bits per heavy atom. The minimum atomic E-state index is 0.0277. The van der Waals surface area contributed by atoms with Crippen LogP contribution in [0.15, 0.2) is 42.2 Å². The maximum Gasteiger partial charge on any atom is 0.155 e. The topological polar surface area (TPSA) is 26.3 Å². The Balaban J connectivity index is 2.52. The highest BCUT2D eigenvalue weighted by atomic mass is 16.5. The van der Waals surface area contributed by atoms with Crippen LogP contribution >= 0.6 is 0 Å². The van der Waals surface area contributed by atoms with Gasteiger partial charge >= 0.3 is 0 Å². The maximum atomic E-state index is 10.9. The highest BCUT2D eigenvalue weighted by Crippen LogP contribution is 2.09. The van der Waals surface area contributed by atoms with Crippen molar-refractivity contribution in [2.75, 3.05) is 7.11 Å². The zero-order valence-corrected chi connectivity index (χ0v) is 9.19. The van der Waals surface area contributed by atoms with Gasteiger partial charge in [0.15, 0.2) is 5.78 Å². The van der Waals surface area contributed by atoms with Crippen LogP contribution in [-0.2, 0) is 16.0 Å². The fourth-order valence-electron chi connectivity index (χ4n) is 1.37. The van der Waals surface area contributed by atoms with Crippen LogP contribution in [0.4, 0.5) is 0 Å². The van der Waals surface area contributed by atoms with Gasteiger partial charge in [-0.15, -0.1) is 0 Å². The molecule has 0 saturated heterocycles. The zero-order valence-electron chi connectivity index (χ0n) is 9.19. The maximum absolute atomic E-state index is 10.9. The standard InChI is InChI=1S/C13H16O2/c1-11(14)10-13(15-2)9-8-12-6-4-3-5-7-12/h3-7,10H,8-9H2,1-2H3. The Morgan fingerprint density at radius 1 is 1.33 bits per heavy atom. The molecule has 0 heterocycles. The smallest absolute Gasteiger partial charge is 0.155 e. The molecule has 15 heavy (non-hydrogen) atoms. The molecule has 0 aromatic heterocycles. The van der Waals surface area contributed by atoms with E-state index >= 15 is 0 Å². The summed E-state index contributed by atoms with van der Waals surface area (Å²) in [5.41, 5.74) is 1.25. The molecule has 0 atom stereocenters. The van der Waals surface area contributed by atoms with Crippen LogP contribution in [-0.4, -0.2) is 12.9 Å². The number of methoxy groups -OCH3 is 1. The molecule has 1 rings (SSSR count). The minimum Gasteiger partial charge on any atom is -0.501 e. The first-order valence-electron chi connectivity index (χ1n) is 5.01. The summed E-state index contributed by atoms with van der Waals surface area (Å²) < 4.78 is 5.12. The van der Waals surface area contributed by atoms with Crippen molar-refractivity contribution in [3.05, 3.63) is 47.7 Å². The van der Waals surface area contributed by atoms with Gasteiger partial charge in [-0.25, -0.2) is 0 Å². The average Bonchev–Trinajstić information content (AvgIpc) is 2.25. The molecule has 0 radical (unpaired) electrons. The number of carbonyl (C=O) groups excluding carboxylic acids is 1. The Bertz CT molecular complexity index is 339.